The molecule has 1 unspecified atom stereocenters. The third-order valence-corrected chi connectivity index (χ3v) is 10.3. The first-order valence-electron chi connectivity index (χ1n) is 16.4. The summed E-state index contributed by atoms with van der Waals surface area (Å²) in [4.78, 5) is 50.2. The van der Waals surface area contributed by atoms with Crippen molar-refractivity contribution in [1.82, 2.24) is 25.1 Å². The normalized spacial score (nSPS) is 22.4. The minimum absolute atomic E-state index is 0.0344. The highest BCUT2D eigenvalue weighted by atomic mass is 32.2. The van der Waals surface area contributed by atoms with E-state index < -0.39 is 11.2 Å². The molecule has 0 aliphatic carbocycles. The number of aromatic nitrogens is 2. The van der Waals surface area contributed by atoms with Crippen LogP contribution in [0.15, 0.2) is 54.7 Å². The van der Waals surface area contributed by atoms with E-state index in [0.717, 1.165) is 53.9 Å². The second kappa shape index (κ2) is 12.6. The van der Waals surface area contributed by atoms with Gasteiger partial charge in [-0.1, -0.05) is 36.4 Å². The van der Waals surface area contributed by atoms with Gasteiger partial charge in [0.25, 0.3) is 5.91 Å². The molecule has 1 aromatic heterocycles. The third kappa shape index (κ3) is 7.30. The summed E-state index contributed by atoms with van der Waals surface area (Å²) in [6.07, 6.45) is 4.87. The molecule has 6 rings (SSSR count). The molecular formula is C36H45N5O5S. The number of hydrogen-bond acceptors (Lipinski definition) is 7. The zero-order chi connectivity index (χ0) is 33.6. The molecule has 3 aliphatic rings. The van der Waals surface area contributed by atoms with Crippen molar-refractivity contribution in [3.8, 4) is 22.4 Å². The van der Waals surface area contributed by atoms with E-state index in [1.54, 1.807) is 16.7 Å². The second-order valence-electron chi connectivity index (χ2n) is 14.6. The number of carbonyl (C=O) groups excluding carboxylic acids is 3. The second-order valence-corrected chi connectivity index (χ2v) is 16.0. The molecule has 3 atom stereocenters. The topological polar surface area (TPSA) is 117 Å². The number of fused-ring (bicyclic) bond motifs is 1. The maximum atomic E-state index is 12.9. The van der Waals surface area contributed by atoms with E-state index in [2.05, 4.69) is 34.6 Å². The average Bonchev–Trinajstić information content (AvgIpc) is 3.32. The van der Waals surface area contributed by atoms with Gasteiger partial charge in [0, 0.05) is 25.2 Å². The van der Waals surface area contributed by atoms with Gasteiger partial charge in [-0.05, 0) is 96.0 Å². The summed E-state index contributed by atoms with van der Waals surface area (Å²) in [6, 6.07) is 15.7. The molecule has 2 N–H and O–H groups in total. The fraction of sp³-hybridized carbons (Fsp3) is 0.500. The van der Waals surface area contributed by atoms with Crippen LogP contribution in [0.1, 0.15) is 83.4 Å². The van der Waals surface area contributed by atoms with Gasteiger partial charge in [-0.2, -0.15) is 0 Å². The average molecular weight is 660 g/mol. The van der Waals surface area contributed by atoms with Crippen LogP contribution >= 0.6 is 11.8 Å². The molecule has 11 heteroatoms. The summed E-state index contributed by atoms with van der Waals surface area (Å²) < 4.78 is 11.0. The Kier molecular flexibility index (Phi) is 8.80. The standard InChI is InChI=1S/C36H45N5O5S/c1-34(2,3)45-32(43)40-19-7-9-27(40)21-37-29(42)26-16-12-24(13-17-26)23-10-14-25(15-11-23)28-22-38-30(39-28)36-18-8-20-41(31(36)47-36)33(44)46-35(4,5)6/h10-17,22,27,31H,7-9,18-21H2,1-6H3,(H,37,42)(H,38,39)/t27-,31?,36+/m0/s1. The minimum Gasteiger partial charge on any atom is -0.444 e. The lowest BCUT2D eigenvalue weighted by molar-refractivity contribution is 0.0186. The molecule has 3 amide bonds. The Morgan fingerprint density at radius 2 is 1.45 bits per heavy atom. The molecule has 3 aliphatic heterocycles. The van der Waals surface area contributed by atoms with Gasteiger partial charge in [-0.25, -0.2) is 14.6 Å². The minimum atomic E-state index is -0.555. The lowest BCUT2D eigenvalue weighted by Gasteiger charge is -2.31. The summed E-state index contributed by atoms with van der Waals surface area (Å²) in [5.41, 5.74) is 3.49. The lowest BCUT2D eigenvalue weighted by Crippen LogP contribution is -2.45. The van der Waals surface area contributed by atoms with Gasteiger partial charge in [0.05, 0.1) is 17.9 Å². The molecule has 2 aromatic carbocycles. The number of aromatic amines is 1. The number of rotatable bonds is 6. The molecule has 0 saturated carbocycles. The highest BCUT2D eigenvalue weighted by Crippen LogP contribution is 2.66. The Bertz CT molecular complexity index is 1620. The predicted octanol–water partition coefficient (Wildman–Crippen LogP) is 7.17. The van der Waals surface area contributed by atoms with Crippen molar-refractivity contribution in [3.05, 3.63) is 66.1 Å². The summed E-state index contributed by atoms with van der Waals surface area (Å²) >= 11 is 1.77. The number of benzene rings is 2. The van der Waals surface area contributed by atoms with Crippen molar-refractivity contribution in [2.45, 2.75) is 94.6 Å². The first kappa shape index (κ1) is 32.9. The number of hydrogen-bond donors (Lipinski definition) is 2. The first-order valence-corrected chi connectivity index (χ1v) is 17.3. The van der Waals surface area contributed by atoms with Crippen LogP contribution in [0.4, 0.5) is 9.59 Å². The molecule has 3 saturated heterocycles. The Morgan fingerprint density at radius 1 is 0.872 bits per heavy atom. The van der Waals surface area contributed by atoms with Crippen LogP contribution in [-0.4, -0.2) is 80.1 Å². The number of nitrogens with zero attached hydrogens (tertiary/aromatic N) is 3. The number of piperidine rings is 1. The van der Waals surface area contributed by atoms with Crippen LogP contribution < -0.4 is 5.32 Å². The van der Waals surface area contributed by atoms with E-state index >= 15 is 0 Å². The number of ether oxygens (including phenoxy) is 2. The quantitative estimate of drug-likeness (QED) is 0.270. The van der Waals surface area contributed by atoms with Crippen LogP contribution in [0.25, 0.3) is 22.4 Å². The van der Waals surface area contributed by atoms with Gasteiger partial charge < -0.3 is 24.7 Å². The molecule has 0 radical (unpaired) electrons. The van der Waals surface area contributed by atoms with E-state index in [0.29, 0.717) is 25.2 Å². The predicted molar refractivity (Wildman–Crippen MR) is 183 cm³/mol. The number of likely N-dealkylation sites (tertiary alicyclic amines) is 2. The van der Waals surface area contributed by atoms with Gasteiger partial charge in [0.1, 0.15) is 27.1 Å². The lowest BCUT2D eigenvalue weighted by atomic mass is 9.97. The molecule has 0 bridgehead atoms. The van der Waals surface area contributed by atoms with Crippen molar-refractivity contribution in [1.29, 1.82) is 0 Å². The van der Waals surface area contributed by atoms with Crippen LogP contribution in [0.2, 0.25) is 0 Å². The van der Waals surface area contributed by atoms with Crippen molar-refractivity contribution >= 4 is 29.9 Å². The zero-order valence-corrected chi connectivity index (χ0v) is 28.9. The molecule has 10 nitrogen and oxygen atoms in total. The van der Waals surface area contributed by atoms with E-state index in [1.807, 2.05) is 76.9 Å². The number of imidazole rings is 1. The maximum Gasteiger partial charge on any atom is 0.411 e. The van der Waals surface area contributed by atoms with Crippen molar-refractivity contribution < 1.29 is 23.9 Å². The number of H-pyrrole nitrogens is 1. The summed E-state index contributed by atoms with van der Waals surface area (Å²) in [6.45, 7) is 13.0. The summed E-state index contributed by atoms with van der Waals surface area (Å²) in [5.74, 6) is 0.736. The summed E-state index contributed by atoms with van der Waals surface area (Å²) in [5, 5.41) is 3.03. The maximum absolute atomic E-state index is 12.9. The smallest absolute Gasteiger partial charge is 0.411 e. The van der Waals surface area contributed by atoms with Crippen LogP contribution in [0.5, 0.6) is 0 Å². The van der Waals surface area contributed by atoms with Crippen molar-refractivity contribution in [2.75, 3.05) is 19.6 Å². The van der Waals surface area contributed by atoms with Gasteiger partial charge in [0.2, 0.25) is 0 Å². The van der Waals surface area contributed by atoms with Crippen LogP contribution in [0.3, 0.4) is 0 Å². The SMILES string of the molecule is CC(C)(C)OC(=O)N1CCC[C@]2(c3ncc(-c4ccc(-c5ccc(C(=O)NC[C@@H]6CCCN6C(=O)OC(C)(C)C)cc5)cc4)[nH]3)SC12. The molecule has 4 heterocycles. The van der Waals surface area contributed by atoms with Gasteiger partial charge >= 0.3 is 12.2 Å². The Morgan fingerprint density at radius 3 is 2.09 bits per heavy atom. The van der Waals surface area contributed by atoms with Crippen molar-refractivity contribution in [2.24, 2.45) is 0 Å². The number of thioether (sulfide) groups is 1. The third-order valence-electron chi connectivity index (χ3n) is 8.68. The number of amides is 3. The fourth-order valence-corrected chi connectivity index (χ4v) is 7.83. The Labute approximate surface area is 281 Å². The monoisotopic (exact) mass is 659 g/mol. The molecule has 3 fully saturated rings. The molecule has 250 valence electrons. The number of carbonyl (C=O) groups is 3. The van der Waals surface area contributed by atoms with Crippen LogP contribution in [0, 0.1) is 0 Å². The van der Waals surface area contributed by atoms with E-state index in [1.165, 1.54) is 0 Å². The van der Waals surface area contributed by atoms with Gasteiger partial charge in [0.15, 0.2) is 0 Å². The summed E-state index contributed by atoms with van der Waals surface area (Å²) in [7, 11) is 0. The van der Waals surface area contributed by atoms with Crippen LogP contribution in [-0.2, 0) is 14.2 Å². The van der Waals surface area contributed by atoms with Gasteiger partial charge in [-0.3, -0.25) is 9.69 Å². The fourth-order valence-electron chi connectivity index (χ4n) is 6.35. The molecular weight excluding hydrogens is 614 g/mol. The molecule has 47 heavy (non-hydrogen) atoms. The van der Waals surface area contributed by atoms with E-state index in [4.69, 9.17) is 14.5 Å². The largest absolute Gasteiger partial charge is 0.444 e. The Balaban J connectivity index is 1.05. The number of nitrogens with one attached hydrogen (secondary N) is 2. The van der Waals surface area contributed by atoms with E-state index in [9.17, 15) is 14.4 Å². The highest BCUT2D eigenvalue weighted by Gasteiger charge is 2.64. The van der Waals surface area contributed by atoms with Gasteiger partial charge in [-0.15, -0.1) is 11.8 Å². The Hall–Kier alpha value is -3.99. The first-order chi connectivity index (χ1) is 22.2. The zero-order valence-electron chi connectivity index (χ0n) is 28.1. The van der Waals surface area contributed by atoms with Crippen molar-refractivity contribution in [3.63, 3.8) is 0 Å². The van der Waals surface area contributed by atoms with E-state index in [-0.39, 0.29) is 34.3 Å². The molecule has 3 aromatic rings. The highest BCUT2D eigenvalue weighted by molar-refractivity contribution is 8.08. The molecule has 0 spiro atoms.